The van der Waals surface area contributed by atoms with Gasteiger partial charge in [-0.05, 0) is 48.4 Å². The fourth-order valence-electron chi connectivity index (χ4n) is 3.19. The second kappa shape index (κ2) is 6.77. The number of pyridine rings is 1. The number of aromatic nitrogens is 3. The predicted molar refractivity (Wildman–Crippen MR) is 106 cm³/mol. The average molecular weight is 349 g/mol. The van der Waals surface area contributed by atoms with Crippen LogP contribution in [0.2, 0.25) is 0 Å². The van der Waals surface area contributed by atoms with Crippen molar-refractivity contribution in [1.82, 2.24) is 15.0 Å². The van der Waals surface area contributed by atoms with Crippen molar-refractivity contribution >= 4 is 17.1 Å². The van der Waals surface area contributed by atoms with Crippen LogP contribution in [-0.2, 0) is 0 Å². The van der Waals surface area contributed by atoms with Crippen LogP contribution in [0, 0.1) is 23.7 Å². The van der Waals surface area contributed by atoms with Gasteiger partial charge in [-0.1, -0.05) is 18.2 Å². The lowest BCUT2D eigenvalue weighted by atomic mass is 9.95. The van der Waals surface area contributed by atoms with Crippen molar-refractivity contribution in [2.24, 2.45) is 0 Å². The van der Waals surface area contributed by atoms with E-state index in [0.29, 0.717) is 11.4 Å². The maximum Gasteiger partial charge on any atom is 0.161 e. The van der Waals surface area contributed by atoms with Gasteiger partial charge in [-0.2, -0.15) is 5.26 Å². The molecule has 0 unspecified atom stereocenters. The Labute approximate surface area is 156 Å². The highest BCUT2D eigenvalue weighted by Gasteiger charge is 2.14. The second-order valence-electron chi connectivity index (χ2n) is 6.13. The minimum absolute atomic E-state index is 0.608. The molecule has 0 saturated carbocycles. The molecule has 2 aromatic heterocycles. The van der Waals surface area contributed by atoms with Gasteiger partial charge in [0.25, 0.3) is 0 Å². The summed E-state index contributed by atoms with van der Waals surface area (Å²) in [7, 11) is 0. The number of nitriles is 1. The number of hydrogen-bond donors (Lipinski definition) is 1. The second-order valence-corrected chi connectivity index (χ2v) is 6.13. The monoisotopic (exact) mass is 349 g/mol. The Kier molecular flexibility index (Phi) is 4.15. The molecule has 0 aliphatic rings. The first-order valence-electron chi connectivity index (χ1n) is 8.44. The SMILES string of the molecule is Cc1nc(-c2cccnc2)nc2ccc(-c3ccc(C#N)cc3)c(C=N)c12. The van der Waals surface area contributed by atoms with Crippen LogP contribution in [0.3, 0.4) is 0 Å². The van der Waals surface area contributed by atoms with Crippen LogP contribution in [-0.4, -0.2) is 21.2 Å². The quantitative estimate of drug-likeness (QED) is 0.550. The first kappa shape index (κ1) is 16.6. The number of hydrogen-bond acceptors (Lipinski definition) is 5. The summed E-state index contributed by atoms with van der Waals surface area (Å²) in [6, 6.07) is 17.2. The van der Waals surface area contributed by atoms with Crippen LogP contribution >= 0.6 is 0 Å². The van der Waals surface area contributed by atoms with Gasteiger partial charge in [0.1, 0.15) is 0 Å². The standard InChI is InChI=1S/C22H15N5/c1-14-21-19(12-24)18(16-6-4-15(11-23)5-7-16)8-9-20(21)27-22(26-14)17-3-2-10-25-13-17/h2-10,12-13,24H,1H3. The topological polar surface area (TPSA) is 86.3 Å². The molecule has 0 atom stereocenters. The summed E-state index contributed by atoms with van der Waals surface area (Å²) in [5.74, 6) is 0.621. The first-order chi connectivity index (χ1) is 13.2. The Balaban J connectivity index is 1.93. The van der Waals surface area contributed by atoms with Gasteiger partial charge < -0.3 is 5.41 Å². The zero-order valence-electron chi connectivity index (χ0n) is 14.6. The zero-order valence-corrected chi connectivity index (χ0v) is 14.6. The minimum atomic E-state index is 0.608. The summed E-state index contributed by atoms with van der Waals surface area (Å²) in [6.07, 6.45) is 4.80. The Morgan fingerprint density at radius 3 is 2.48 bits per heavy atom. The summed E-state index contributed by atoms with van der Waals surface area (Å²) in [5.41, 5.74) is 5.71. The maximum atomic E-state index is 8.99. The van der Waals surface area contributed by atoms with Crippen LogP contribution in [0.15, 0.2) is 60.9 Å². The molecule has 0 amide bonds. The molecule has 0 saturated heterocycles. The number of fused-ring (bicyclic) bond motifs is 1. The summed E-state index contributed by atoms with van der Waals surface area (Å²) >= 11 is 0. The van der Waals surface area contributed by atoms with E-state index in [0.717, 1.165) is 38.9 Å². The van der Waals surface area contributed by atoms with E-state index in [2.05, 4.69) is 21.0 Å². The number of nitrogens with zero attached hydrogens (tertiary/aromatic N) is 4. The molecule has 1 N–H and O–H groups in total. The van der Waals surface area contributed by atoms with Crippen LogP contribution in [0.1, 0.15) is 16.8 Å². The minimum Gasteiger partial charge on any atom is -0.308 e. The Hall–Kier alpha value is -3.91. The molecule has 0 spiro atoms. The molecule has 4 rings (SSSR count). The molecule has 128 valence electrons. The third-order valence-electron chi connectivity index (χ3n) is 4.47. The number of benzene rings is 2. The summed E-state index contributed by atoms with van der Waals surface area (Å²) in [5, 5.41) is 17.8. The van der Waals surface area contributed by atoms with Crippen molar-refractivity contribution in [3.63, 3.8) is 0 Å². The first-order valence-corrected chi connectivity index (χ1v) is 8.44. The molecule has 0 aliphatic carbocycles. The highest BCUT2D eigenvalue weighted by molar-refractivity contribution is 6.05. The molecule has 0 radical (unpaired) electrons. The van der Waals surface area contributed by atoms with E-state index in [4.69, 9.17) is 10.7 Å². The smallest absolute Gasteiger partial charge is 0.161 e. The van der Waals surface area contributed by atoms with E-state index in [1.165, 1.54) is 6.21 Å². The molecule has 5 nitrogen and oxygen atoms in total. The van der Waals surface area contributed by atoms with Crippen molar-refractivity contribution < 1.29 is 0 Å². The highest BCUT2D eigenvalue weighted by atomic mass is 14.9. The van der Waals surface area contributed by atoms with Gasteiger partial charge >= 0.3 is 0 Å². The van der Waals surface area contributed by atoms with Gasteiger partial charge in [0.05, 0.1) is 17.1 Å². The van der Waals surface area contributed by atoms with Gasteiger partial charge in [0.15, 0.2) is 5.82 Å². The Morgan fingerprint density at radius 1 is 1.00 bits per heavy atom. The molecule has 5 heteroatoms. The summed E-state index contributed by atoms with van der Waals surface area (Å²) in [6.45, 7) is 1.93. The van der Waals surface area contributed by atoms with Crippen LogP contribution < -0.4 is 0 Å². The Bertz CT molecular complexity index is 1190. The summed E-state index contributed by atoms with van der Waals surface area (Å²) in [4.78, 5) is 13.5. The lowest BCUT2D eigenvalue weighted by molar-refractivity contribution is 1.15. The molecule has 0 bridgehead atoms. The normalized spacial score (nSPS) is 10.5. The zero-order chi connectivity index (χ0) is 18.8. The molecule has 2 aromatic carbocycles. The predicted octanol–water partition coefficient (Wildman–Crippen LogP) is 4.54. The van der Waals surface area contributed by atoms with E-state index in [-0.39, 0.29) is 0 Å². The van der Waals surface area contributed by atoms with E-state index < -0.39 is 0 Å². The highest BCUT2D eigenvalue weighted by Crippen LogP contribution is 2.31. The Morgan fingerprint density at radius 2 is 1.81 bits per heavy atom. The van der Waals surface area contributed by atoms with Gasteiger partial charge in [-0.3, -0.25) is 4.98 Å². The third kappa shape index (κ3) is 2.94. The molecule has 4 aromatic rings. The molecule has 27 heavy (non-hydrogen) atoms. The van der Waals surface area contributed by atoms with Crippen molar-refractivity contribution in [2.75, 3.05) is 0 Å². The van der Waals surface area contributed by atoms with Crippen LogP contribution in [0.25, 0.3) is 33.4 Å². The lowest BCUT2D eigenvalue weighted by Gasteiger charge is -2.12. The van der Waals surface area contributed by atoms with E-state index in [1.54, 1.807) is 24.5 Å². The fraction of sp³-hybridized carbons (Fsp3) is 0.0455. The van der Waals surface area contributed by atoms with E-state index in [1.807, 2.05) is 43.3 Å². The molecule has 0 fully saturated rings. The van der Waals surface area contributed by atoms with E-state index in [9.17, 15) is 0 Å². The lowest BCUT2D eigenvalue weighted by Crippen LogP contribution is -1.99. The number of nitrogens with one attached hydrogen (secondary N) is 1. The number of aryl methyl sites for hydroxylation is 1. The van der Waals surface area contributed by atoms with Crippen molar-refractivity contribution in [1.29, 1.82) is 10.7 Å². The van der Waals surface area contributed by atoms with Gasteiger partial charge in [0, 0.05) is 40.8 Å². The maximum absolute atomic E-state index is 8.99. The van der Waals surface area contributed by atoms with Gasteiger partial charge in [-0.25, -0.2) is 9.97 Å². The average Bonchev–Trinajstić information content (AvgIpc) is 2.73. The molecule has 0 aliphatic heterocycles. The molecular weight excluding hydrogens is 334 g/mol. The van der Waals surface area contributed by atoms with Gasteiger partial charge in [0.2, 0.25) is 0 Å². The summed E-state index contributed by atoms with van der Waals surface area (Å²) < 4.78 is 0. The van der Waals surface area contributed by atoms with Crippen molar-refractivity contribution in [2.45, 2.75) is 6.92 Å². The van der Waals surface area contributed by atoms with Crippen molar-refractivity contribution in [3.8, 4) is 28.6 Å². The fourth-order valence-corrected chi connectivity index (χ4v) is 3.19. The molecule has 2 heterocycles. The van der Waals surface area contributed by atoms with Crippen LogP contribution in [0.4, 0.5) is 0 Å². The van der Waals surface area contributed by atoms with Crippen molar-refractivity contribution in [3.05, 3.63) is 77.7 Å². The largest absolute Gasteiger partial charge is 0.308 e. The molecular formula is C22H15N5. The van der Waals surface area contributed by atoms with Crippen LogP contribution in [0.5, 0.6) is 0 Å². The third-order valence-corrected chi connectivity index (χ3v) is 4.47. The van der Waals surface area contributed by atoms with Gasteiger partial charge in [-0.15, -0.1) is 0 Å². The number of rotatable bonds is 3. The van der Waals surface area contributed by atoms with E-state index >= 15 is 0 Å².